The van der Waals surface area contributed by atoms with Gasteiger partial charge in [-0.15, -0.1) is 5.10 Å². The van der Waals surface area contributed by atoms with Gasteiger partial charge in [0.2, 0.25) is 5.95 Å². The first-order valence-corrected chi connectivity index (χ1v) is 11.1. The molecule has 5 rings (SSSR count). The summed E-state index contributed by atoms with van der Waals surface area (Å²) < 4.78 is 1.98. The Morgan fingerprint density at radius 3 is 2.52 bits per heavy atom. The van der Waals surface area contributed by atoms with Crippen molar-refractivity contribution in [1.82, 2.24) is 29.9 Å². The van der Waals surface area contributed by atoms with E-state index < -0.39 is 5.97 Å². The predicted molar refractivity (Wildman–Crippen MR) is 124 cm³/mol. The normalized spacial score (nSPS) is 14.7. The van der Waals surface area contributed by atoms with Gasteiger partial charge in [0.15, 0.2) is 0 Å². The lowest BCUT2D eigenvalue weighted by Gasteiger charge is -2.32. The molecule has 9 heteroatoms. The first kappa shape index (κ1) is 21.0. The Morgan fingerprint density at radius 2 is 1.85 bits per heavy atom. The average molecular weight is 444 g/mol. The smallest absolute Gasteiger partial charge is 0.335 e. The van der Waals surface area contributed by atoms with E-state index >= 15 is 0 Å². The van der Waals surface area contributed by atoms with Crippen molar-refractivity contribution in [2.24, 2.45) is 0 Å². The molecule has 0 aliphatic carbocycles. The van der Waals surface area contributed by atoms with E-state index in [9.17, 15) is 9.90 Å². The third-order valence-corrected chi connectivity index (χ3v) is 6.30. The summed E-state index contributed by atoms with van der Waals surface area (Å²) in [6, 6.07) is 7.21. The molecule has 1 N–H and O–H groups in total. The third-order valence-electron chi connectivity index (χ3n) is 6.30. The number of fused-ring (bicyclic) bond motifs is 1. The van der Waals surface area contributed by atoms with Crippen LogP contribution in [0.4, 0.5) is 5.95 Å². The molecular formula is C24H25N7O2. The highest BCUT2D eigenvalue weighted by Crippen LogP contribution is 2.29. The first-order chi connectivity index (χ1) is 16.0. The van der Waals surface area contributed by atoms with Gasteiger partial charge in [-0.1, -0.05) is 18.2 Å². The summed E-state index contributed by atoms with van der Waals surface area (Å²) in [6.07, 6.45) is 8.40. The van der Waals surface area contributed by atoms with Crippen LogP contribution >= 0.6 is 0 Å². The number of carbonyl (C=O) groups is 1. The summed E-state index contributed by atoms with van der Waals surface area (Å²) in [4.78, 5) is 27.1. The zero-order valence-electron chi connectivity index (χ0n) is 18.6. The van der Waals surface area contributed by atoms with Gasteiger partial charge >= 0.3 is 5.97 Å². The van der Waals surface area contributed by atoms with Crippen molar-refractivity contribution < 1.29 is 9.90 Å². The Morgan fingerprint density at radius 1 is 1.09 bits per heavy atom. The molecule has 0 atom stereocenters. The molecule has 0 unspecified atom stereocenters. The van der Waals surface area contributed by atoms with Crippen LogP contribution in [0, 0.1) is 6.92 Å². The van der Waals surface area contributed by atoms with E-state index in [0.29, 0.717) is 0 Å². The van der Waals surface area contributed by atoms with Gasteiger partial charge in [0, 0.05) is 31.0 Å². The molecule has 33 heavy (non-hydrogen) atoms. The molecule has 4 aromatic rings. The number of aromatic nitrogens is 6. The average Bonchev–Trinajstić information content (AvgIpc) is 3.27. The lowest BCUT2D eigenvalue weighted by molar-refractivity contribution is 0.0697. The summed E-state index contributed by atoms with van der Waals surface area (Å²) in [5.74, 6) is -0.156. The summed E-state index contributed by atoms with van der Waals surface area (Å²) in [6.45, 7) is 5.70. The minimum Gasteiger partial charge on any atom is -0.478 e. The lowest BCUT2D eigenvalue weighted by atomic mass is 10.0. The number of hydrogen-bond donors (Lipinski definition) is 1. The van der Waals surface area contributed by atoms with E-state index in [1.807, 2.05) is 36.3 Å². The van der Waals surface area contributed by atoms with Crippen LogP contribution in [0.2, 0.25) is 0 Å². The highest BCUT2D eigenvalue weighted by molar-refractivity contribution is 5.89. The van der Waals surface area contributed by atoms with Gasteiger partial charge in [-0.3, -0.25) is 4.98 Å². The monoisotopic (exact) mass is 443 g/mol. The van der Waals surface area contributed by atoms with Crippen LogP contribution in [-0.2, 0) is 6.42 Å². The minimum atomic E-state index is -0.938. The molecule has 1 saturated heterocycles. The molecule has 0 amide bonds. The van der Waals surface area contributed by atoms with Crippen molar-refractivity contribution in [2.75, 3.05) is 18.0 Å². The fourth-order valence-corrected chi connectivity index (χ4v) is 4.34. The molecule has 4 heterocycles. The van der Waals surface area contributed by atoms with Crippen molar-refractivity contribution in [2.45, 2.75) is 39.2 Å². The summed E-state index contributed by atoms with van der Waals surface area (Å²) in [5.41, 5.74) is 5.59. The second kappa shape index (κ2) is 8.57. The Kier molecular flexibility index (Phi) is 5.45. The third kappa shape index (κ3) is 4.02. The lowest BCUT2D eigenvalue weighted by Crippen LogP contribution is -2.36. The molecule has 168 valence electrons. The molecule has 0 spiro atoms. The Labute approximate surface area is 191 Å². The number of aryl methyl sites for hydroxylation is 2. The summed E-state index contributed by atoms with van der Waals surface area (Å²) in [5, 5.41) is 18.0. The molecule has 1 aliphatic rings. The van der Waals surface area contributed by atoms with E-state index in [4.69, 9.17) is 0 Å². The highest BCUT2D eigenvalue weighted by Gasteiger charge is 2.24. The zero-order chi connectivity index (χ0) is 22.9. The SMILES string of the molecule is CCc1cnc(N2CCC(n3nnc4cc(-c5ccc(C(=O)O)cc5C)ncc43)CC2)nc1. The van der Waals surface area contributed by atoms with E-state index in [-0.39, 0.29) is 11.6 Å². The Balaban J connectivity index is 1.34. The van der Waals surface area contributed by atoms with Crippen molar-refractivity contribution in [3.63, 3.8) is 0 Å². The highest BCUT2D eigenvalue weighted by atomic mass is 16.4. The van der Waals surface area contributed by atoms with E-state index in [2.05, 4.69) is 37.1 Å². The van der Waals surface area contributed by atoms with Gasteiger partial charge in [0.1, 0.15) is 11.0 Å². The van der Waals surface area contributed by atoms with Crippen LogP contribution in [0.5, 0.6) is 0 Å². The molecule has 3 aromatic heterocycles. The minimum absolute atomic E-state index is 0.241. The van der Waals surface area contributed by atoms with Gasteiger partial charge < -0.3 is 10.0 Å². The number of aromatic carboxylic acids is 1. The quantitative estimate of drug-likeness (QED) is 0.497. The largest absolute Gasteiger partial charge is 0.478 e. The molecule has 0 bridgehead atoms. The number of piperidine rings is 1. The fourth-order valence-electron chi connectivity index (χ4n) is 4.34. The number of carboxylic acid groups (broad SMARTS) is 1. The van der Waals surface area contributed by atoms with Gasteiger partial charge in [-0.25, -0.2) is 19.4 Å². The van der Waals surface area contributed by atoms with Crippen molar-refractivity contribution in [3.05, 3.63) is 59.5 Å². The number of rotatable bonds is 5. The maximum atomic E-state index is 11.2. The molecule has 0 radical (unpaired) electrons. The summed E-state index contributed by atoms with van der Waals surface area (Å²) in [7, 11) is 0. The standard InChI is InChI=1S/C24H25N7O2/c1-3-16-12-26-24(27-13-16)30-8-6-18(7-9-30)31-22-14-25-20(11-21(22)28-29-31)19-5-4-17(23(32)33)10-15(19)2/h4-5,10-14,18H,3,6-9H2,1-2H3,(H,32,33). The molecule has 9 nitrogen and oxygen atoms in total. The maximum Gasteiger partial charge on any atom is 0.335 e. The van der Waals surface area contributed by atoms with Gasteiger partial charge in [0.05, 0.1) is 23.5 Å². The van der Waals surface area contributed by atoms with Crippen LogP contribution in [0.1, 0.15) is 47.3 Å². The maximum absolute atomic E-state index is 11.2. The second-order valence-electron chi connectivity index (χ2n) is 8.39. The van der Waals surface area contributed by atoms with Crippen LogP contribution in [0.15, 0.2) is 42.9 Å². The number of benzene rings is 1. The van der Waals surface area contributed by atoms with Crippen molar-refractivity contribution in [1.29, 1.82) is 0 Å². The number of anilines is 1. The topological polar surface area (TPSA) is 110 Å². The molecule has 1 fully saturated rings. The number of pyridine rings is 1. The van der Waals surface area contributed by atoms with Crippen LogP contribution in [0.25, 0.3) is 22.3 Å². The molecule has 1 aliphatic heterocycles. The van der Waals surface area contributed by atoms with Crippen LogP contribution in [0.3, 0.4) is 0 Å². The van der Waals surface area contributed by atoms with Gasteiger partial charge in [-0.05, 0) is 55.5 Å². The van der Waals surface area contributed by atoms with Crippen molar-refractivity contribution in [3.8, 4) is 11.3 Å². The van der Waals surface area contributed by atoms with Gasteiger partial charge in [0.25, 0.3) is 0 Å². The van der Waals surface area contributed by atoms with Crippen LogP contribution < -0.4 is 4.90 Å². The fraction of sp³-hybridized carbons (Fsp3) is 0.333. The number of nitrogens with zero attached hydrogens (tertiary/aromatic N) is 7. The van der Waals surface area contributed by atoms with Crippen LogP contribution in [-0.4, -0.2) is 54.1 Å². The molecular weight excluding hydrogens is 418 g/mol. The van der Waals surface area contributed by atoms with E-state index in [1.165, 1.54) is 0 Å². The molecule has 0 saturated carbocycles. The van der Waals surface area contributed by atoms with Crippen molar-refractivity contribution >= 4 is 23.0 Å². The number of carboxylic acids is 1. The van der Waals surface area contributed by atoms with E-state index in [0.717, 1.165) is 71.7 Å². The zero-order valence-corrected chi connectivity index (χ0v) is 18.6. The second-order valence-corrected chi connectivity index (χ2v) is 8.39. The predicted octanol–water partition coefficient (Wildman–Crippen LogP) is 3.69. The van der Waals surface area contributed by atoms with Gasteiger partial charge in [-0.2, -0.15) is 0 Å². The Bertz CT molecular complexity index is 1310. The van der Waals surface area contributed by atoms with E-state index in [1.54, 1.807) is 18.2 Å². The Hall–Kier alpha value is -3.88. The number of hydrogen-bond acceptors (Lipinski definition) is 7. The molecule has 1 aromatic carbocycles. The summed E-state index contributed by atoms with van der Waals surface area (Å²) >= 11 is 0. The first-order valence-electron chi connectivity index (χ1n) is 11.1.